The fraction of sp³-hybridized carbons (Fsp3) is 0.625. The summed E-state index contributed by atoms with van der Waals surface area (Å²) in [6.07, 6.45) is 2.64. The number of hydrogen-bond acceptors (Lipinski definition) is 5. The molecule has 2 heterocycles. The van der Waals surface area contributed by atoms with Gasteiger partial charge in [0.05, 0.1) is 0 Å². The topological polar surface area (TPSA) is 85.5 Å². The number of carboxylic acids is 1. The Hall–Kier alpha value is -1.43. The van der Waals surface area contributed by atoms with Crippen LogP contribution in [0, 0.1) is 0 Å². The summed E-state index contributed by atoms with van der Waals surface area (Å²) in [6.45, 7) is 0.662. The van der Waals surface area contributed by atoms with Gasteiger partial charge in [-0.25, -0.2) is 4.79 Å². The smallest absolute Gasteiger partial charge is 0.377 e. The summed E-state index contributed by atoms with van der Waals surface area (Å²) in [7, 11) is 0. The predicted octanol–water partition coefficient (Wildman–Crippen LogP) is 1.01. The number of carboxylic acid groups (broad SMARTS) is 1. The number of ether oxygens (including phenoxy) is 1. The molecule has 0 aliphatic carbocycles. The standard InChI is InChI=1S/C8H10N2O4/c11-8(12)6-9-7(14-10-6)5-3-1-2-4-13-5/h5H,1-4H2,(H,11,12). The molecule has 1 atom stereocenters. The zero-order valence-corrected chi connectivity index (χ0v) is 7.47. The molecule has 6 nitrogen and oxygen atoms in total. The molecule has 1 aromatic heterocycles. The van der Waals surface area contributed by atoms with Crippen LogP contribution in [0.5, 0.6) is 0 Å². The first-order chi connectivity index (χ1) is 6.77. The van der Waals surface area contributed by atoms with Gasteiger partial charge in [0.1, 0.15) is 6.10 Å². The molecule has 76 valence electrons. The third-order valence-corrected chi connectivity index (χ3v) is 2.09. The number of carbonyl (C=O) groups is 1. The molecule has 6 heteroatoms. The first-order valence-electron chi connectivity index (χ1n) is 4.46. The largest absolute Gasteiger partial charge is 0.475 e. The van der Waals surface area contributed by atoms with Crippen LogP contribution in [-0.4, -0.2) is 27.8 Å². The van der Waals surface area contributed by atoms with Crippen molar-refractivity contribution in [3.63, 3.8) is 0 Å². The minimum absolute atomic E-state index is 0.232. The highest BCUT2D eigenvalue weighted by molar-refractivity contribution is 5.82. The second-order valence-electron chi connectivity index (χ2n) is 3.12. The molecule has 1 saturated heterocycles. The molecule has 0 saturated carbocycles. The fourth-order valence-electron chi connectivity index (χ4n) is 1.39. The van der Waals surface area contributed by atoms with Crippen LogP contribution in [0.3, 0.4) is 0 Å². The third-order valence-electron chi connectivity index (χ3n) is 2.09. The lowest BCUT2D eigenvalue weighted by Gasteiger charge is -2.18. The second-order valence-corrected chi connectivity index (χ2v) is 3.12. The number of hydrogen-bond donors (Lipinski definition) is 1. The van der Waals surface area contributed by atoms with E-state index < -0.39 is 5.97 Å². The Bertz CT molecular complexity index is 330. The summed E-state index contributed by atoms with van der Waals surface area (Å²) in [5.41, 5.74) is 0. The maximum absolute atomic E-state index is 10.5. The van der Waals surface area contributed by atoms with Crippen LogP contribution in [0.1, 0.15) is 41.9 Å². The molecule has 0 amide bonds. The molecule has 0 aromatic carbocycles. The minimum atomic E-state index is -1.18. The molecule has 0 spiro atoms. The van der Waals surface area contributed by atoms with Gasteiger partial charge in [-0.1, -0.05) is 0 Å². The Labute approximate surface area is 79.9 Å². The van der Waals surface area contributed by atoms with Crippen molar-refractivity contribution in [3.8, 4) is 0 Å². The van der Waals surface area contributed by atoms with Gasteiger partial charge in [0, 0.05) is 6.61 Å². The lowest BCUT2D eigenvalue weighted by atomic mass is 10.1. The van der Waals surface area contributed by atoms with Gasteiger partial charge < -0.3 is 14.4 Å². The van der Waals surface area contributed by atoms with Crippen LogP contribution in [0.15, 0.2) is 4.52 Å². The predicted molar refractivity (Wildman–Crippen MR) is 43.8 cm³/mol. The van der Waals surface area contributed by atoms with Crippen molar-refractivity contribution >= 4 is 5.97 Å². The van der Waals surface area contributed by atoms with Crippen LogP contribution < -0.4 is 0 Å². The molecular weight excluding hydrogens is 188 g/mol. The normalized spacial score (nSPS) is 22.1. The van der Waals surface area contributed by atoms with E-state index in [1.807, 2.05) is 0 Å². The Kier molecular flexibility index (Phi) is 2.45. The summed E-state index contributed by atoms with van der Waals surface area (Å²) in [6, 6.07) is 0. The molecule has 1 fully saturated rings. The fourth-order valence-corrected chi connectivity index (χ4v) is 1.39. The molecule has 1 aliphatic rings. The lowest BCUT2D eigenvalue weighted by Crippen LogP contribution is -2.12. The summed E-state index contributed by atoms with van der Waals surface area (Å²) in [4.78, 5) is 14.2. The number of nitrogens with zero attached hydrogens (tertiary/aromatic N) is 2. The second kappa shape index (κ2) is 3.75. The van der Waals surface area contributed by atoms with Gasteiger partial charge in [0.2, 0.25) is 0 Å². The van der Waals surface area contributed by atoms with Crippen molar-refractivity contribution in [3.05, 3.63) is 11.7 Å². The van der Waals surface area contributed by atoms with Crippen molar-refractivity contribution in [2.24, 2.45) is 0 Å². The zero-order chi connectivity index (χ0) is 9.97. The summed E-state index contributed by atoms with van der Waals surface area (Å²) >= 11 is 0. The van der Waals surface area contributed by atoms with Gasteiger partial charge in [-0.05, 0) is 24.4 Å². The monoisotopic (exact) mass is 198 g/mol. The molecule has 1 N–H and O–H groups in total. The molecule has 1 unspecified atom stereocenters. The summed E-state index contributed by atoms with van der Waals surface area (Å²) < 4.78 is 10.2. The lowest BCUT2D eigenvalue weighted by molar-refractivity contribution is -0.00459. The minimum Gasteiger partial charge on any atom is -0.475 e. The van der Waals surface area contributed by atoms with Gasteiger partial charge in [-0.3, -0.25) is 0 Å². The van der Waals surface area contributed by atoms with Crippen LogP contribution in [0.4, 0.5) is 0 Å². The average Bonchev–Trinajstić information content (AvgIpc) is 2.68. The summed E-state index contributed by atoms with van der Waals surface area (Å²) in [5.74, 6) is -1.23. The van der Waals surface area contributed by atoms with Gasteiger partial charge in [0.15, 0.2) is 0 Å². The van der Waals surface area contributed by atoms with E-state index in [0.29, 0.717) is 6.61 Å². The first-order valence-corrected chi connectivity index (χ1v) is 4.46. The Balaban J connectivity index is 2.11. The first kappa shape index (κ1) is 9.14. The van der Waals surface area contributed by atoms with Crippen LogP contribution in [-0.2, 0) is 4.74 Å². The van der Waals surface area contributed by atoms with E-state index in [0.717, 1.165) is 19.3 Å². The van der Waals surface area contributed by atoms with Crippen molar-refractivity contribution in [1.29, 1.82) is 0 Å². The Morgan fingerprint density at radius 3 is 2.93 bits per heavy atom. The highest BCUT2D eigenvalue weighted by atomic mass is 16.5. The number of aromatic carboxylic acids is 1. The van der Waals surface area contributed by atoms with E-state index in [-0.39, 0.29) is 17.8 Å². The SMILES string of the molecule is O=C(O)c1noc(C2CCCCO2)n1. The van der Waals surface area contributed by atoms with Gasteiger partial charge >= 0.3 is 5.97 Å². The van der Waals surface area contributed by atoms with Gasteiger partial charge in [-0.15, -0.1) is 0 Å². The third kappa shape index (κ3) is 1.74. The number of rotatable bonds is 2. The molecule has 2 rings (SSSR count). The van der Waals surface area contributed by atoms with Crippen molar-refractivity contribution in [1.82, 2.24) is 10.1 Å². The van der Waals surface area contributed by atoms with Crippen molar-refractivity contribution in [2.75, 3.05) is 6.61 Å². The molecule has 1 aromatic rings. The van der Waals surface area contributed by atoms with E-state index in [1.54, 1.807) is 0 Å². The molecule has 14 heavy (non-hydrogen) atoms. The number of aromatic nitrogens is 2. The van der Waals surface area contributed by atoms with Crippen molar-refractivity contribution < 1.29 is 19.2 Å². The van der Waals surface area contributed by atoms with E-state index in [2.05, 4.69) is 10.1 Å². The van der Waals surface area contributed by atoms with Crippen molar-refractivity contribution in [2.45, 2.75) is 25.4 Å². The van der Waals surface area contributed by atoms with E-state index in [9.17, 15) is 4.79 Å². The van der Waals surface area contributed by atoms with E-state index >= 15 is 0 Å². The van der Waals surface area contributed by atoms with Gasteiger partial charge in [-0.2, -0.15) is 4.98 Å². The highest BCUT2D eigenvalue weighted by Gasteiger charge is 2.23. The van der Waals surface area contributed by atoms with E-state index in [1.165, 1.54) is 0 Å². The highest BCUT2D eigenvalue weighted by Crippen LogP contribution is 2.26. The Morgan fingerprint density at radius 2 is 2.36 bits per heavy atom. The maximum Gasteiger partial charge on any atom is 0.377 e. The maximum atomic E-state index is 10.5. The quantitative estimate of drug-likeness (QED) is 0.763. The molecule has 1 aliphatic heterocycles. The molecule has 0 radical (unpaired) electrons. The van der Waals surface area contributed by atoms with Crippen LogP contribution >= 0.6 is 0 Å². The Morgan fingerprint density at radius 1 is 1.50 bits per heavy atom. The molecular formula is C8H10N2O4. The van der Waals surface area contributed by atoms with Crippen LogP contribution in [0.2, 0.25) is 0 Å². The van der Waals surface area contributed by atoms with Crippen LogP contribution in [0.25, 0.3) is 0 Å². The van der Waals surface area contributed by atoms with Gasteiger partial charge in [0.25, 0.3) is 11.7 Å². The average molecular weight is 198 g/mol. The molecule has 0 bridgehead atoms. The summed E-state index contributed by atoms with van der Waals surface area (Å²) in [5, 5.41) is 11.9. The van der Waals surface area contributed by atoms with E-state index in [4.69, 9.17) is 14.4 Å². The zero-order valence-electron chi connectivity index (χ0n) is 7.47.